The quantitative estimate of drug-likeness (QED) is 0.629. The van der Waals surface area contributed by atoms with Crippen LogP contribution in [0.1, 0.15) is 0 Å². The molecule has 0 atom stereocenters. The fraction of sp³-hybridized carbons (Fsp3) is 0.0909. The van der Waals surface area contributed by atoms with Crippen LogP contribution < -0.4 is 10.1 Å². The molecule has 28 heavy (non-hydrogen) atoms. The lowest BCUT2D eigenvalue weighted by molar-refractivity contribution is -0.149. The maximum atomic E-state index is 12.8. The van der Waals surface area contributed by atoms with Crippen molar-refractivity contribution >= 4 is 17.6 Å². The molecule has 0 saturated carbocycles. The SMILES string of the molecule is O=C(COC(=O)COc1ccc(F)cc1)Nc1ccc(-c2ccccc2)cc1. The zero-order valence-electron chi connectivity index (χ0n) is 14.9. The highest BCUT2D eigenvalue weighted by molar-refractivity contribution is 5.93. The number of rotatable bonds is 7. The van der Waals surface area contributed by atoms with E-state index in [1.165, 1.54) is 24.3 Å². The third kappa shape index (κ3) is 5.67. The number of esters is 1. The van der Waals surface area contributed by atoms with Crippen LogP contribution in [0.5, 0.6) is 5.75 Å². The van der Waals surface area contributed by atoms with E-state index < -0.39 is 24.3 Å². The third-order valence-corrected chi connectivity index (χ3v) is 3.81. The Bertz CT molecular complexity index is 925. The number of anilines is 1. The normalized spacial score (nSPS) is 10.2. The monoisotopic (exact) mass is 379 g/mol. The van der Waals surface area contributed by atoms with Gasteiger partial charge < -0.3 is 14.8 Å². The van der Waals surface area contributed by atoms with Crippen LogP contribution in [0, 0.1) is 5.82 Å². The first-order valence-electron chi connectivity index (χ1n) is 8.59. The van der Waals surface area contributed by atoms with Crippen LogP contribution in [0.15, 0.2) is 78.9 Å². The number of carbonyl (C=O) groups is 2. The first kappa shape index (κ1) is 19.1. The lowest BCUT2D eigenvalue weighted by Gasteiger charge is -2.08. The molecule has 142 valence electrons. The number of halogens is 1. The molecule has 1 amide bonds. The first-order chi connectivity index (χ1) is 13.6. The molecular formula is C22H18FNO4. The minimum atomic E-state index is -0.695. The number of benzene rings is 3. The number of ether oxygens (including phenoxy) is 2. The fourth-order valence-corrected chi connectivity index (χ4v) is 2.43. The van der Waals surface area contributed by atoms with E-state index in [0.29, 0.717) is 11.4 Å². The van der Waals surface area contributed by atoms with Gasteiger partial charge in [0.05, 0.1) is 0 Å². The van der Waals surface area contributed by atoms with Gasteiger partial charge in [0, 0.05) is 5.69 Å². The Balaban J connectivity index is 1.42. The molecule has 0 spiro atoms. The lowest BCUT2D eigenvalue weighted by Crippen LogP contribution is -2.23. The maximum absolute atomic E-state index is 12.8. The highest BCUT2D eigenvalue weighted by Gasteiger charge is 2.09. The molecular weight excluding hydrogens is 361 g/mol. The predicted molar refractivity (Wildman–Crippen MR) is 103 cm³/mol. The summed E-state index contributed by atoms with van der Waals surface area (Å²) in [5.41, 5.74) is 2.71. The van der Waals surface area contributed by atoms with Crippen LogP contribution in [0.3, 0.4) is 0 Å². The lowest BCUT2D eigenvalue weighted by atomic mass is 10.1. The molecule has 0 fully saturated rings. The van der Waals surface area contributed by atoms with E-state index in [2.05, 4.69) is 5.32 Å². The number of carbonyl (C=O) groups excluding carboxylic acids is 2. The van der Waals surface area contributed by atoms with Crippen LogP contribution in [0.2, 0.25) is 0 Å². The molecule has 3 aromatic rings. The van der Waals surface area contributed by atoms with Crippen molar-refractivity contribution in [3.8, 4) is 16.9 Å². The van der Waals surface area contributed by atoms with Crippen molar-refractivity contribution in [1.82, 2.24) is 0 Å². The summed E-state index contributed by atoms with van der Waals surface area (Å²) < 4.78 is 22.8. The second-order valence-electron chi connectivity index (χ2n) is 5.89. The van der Waals surface area contributed by atoms with Crippen molar-refractivity contribution in [2.24, 2.45) is 0 Å². The topological polar surface area (TPSA) is 64.6 Å². The molecule has 0 saturated heterocycles. The Hall–Kier alpha value is -3.67. The number of hydrogen-bond acceptors (Lipinski definition) is 4. The molecule has 3 aromatic carbocycles. The Morgan fingerprint density at radius 3 is 2.11 bits per heavy atom. The van der Waals surface area contributed by atoms with Crippen LogP contribution >= 0.6 is 0 Å². The van der Waals surface area contributed by atoms with Crippen molar-refractivity contribution < 1.29 is 23.5 Å². The smallest absolute Gasteiger partial charge is 0.344 e. The molecule has 3 rings (SSSR count). The van der Waals surface area contributed by atoms with Gasteiger partial charge in [-0.3, -0.25) is 4.79 Å². The molecule has 0 unspecified atom stereocenters. The van der Waals surface area contributed by atoms with Crippen molar-refractivity contribution in [3.63, 3.8) is 0 Å². The molecule has 6 heteroatoms. The van der Waals surface area contributed by atoms with Crippen LogP contribution in [0.25, 0.3) is 11.1 Å². The summed E-state index contributed by atoms with van der Waals surface area (Å²) in [7, 11) is 0. The Labute approximate surface area is 161 Å². The summed E-state index contributed by atoms with van der Waals surface area (Å²) in [5.74, 6) is -1.22. The van der Waals surface area contributed by atoms with Crippen LogP contribution in [-0.2, 0) is 14.3 Å². The minimum absolute atomic E-state index is 0.335. The molecule has 0 heterocycles. The van der Waals surface area contributed by atoms with Gasteiger partial charge in [0.2, 0.25) is 0 Å². The largest absolute Gasteiger partial charge is 0.482 e. The van der Waals surface area contributed by atoms with Crippen molar-refractivity contribution in [3.05, 3.63) is 84.7 Å². The average molecular weight is 379 g/mol. The standard InChI is InChI=1S/C22H18FNO4/c23-18-8-12-20(13-9-18)27-15-22(26)28-14-21(25)24-19-10-6-17(7-11-19)16-4-2-1-3-5-16/h1-13H,14-15H2,(H,24,25). The van der Waals surface area contributed by atoms with Crippen molar-refractivity contribution in [2.75, 3.05) is 18.5 Å². The summed E-state index contributed by atoms with van der Waals surface area (Å²) in [6.45, 7) is -0.795. The summed E-state index contributed by atoms with van der Waals surface area (Å²) >= 11 is 0. The van der Waals surface area contributed by atoms with Gasteiger partial charge in [-0.15, -0.1) is 0 Å². The van der Waals surface area contributed by atoms with Gasteiger partial charge in [0.25, 0.3) is 5.91 Å². The Kier molecular flexibility index (Phi) is 6.36. The Morgan fingerprint density at radius 2 is 1.43 bits per heavy atom. The van der Waals surface area contributed by atoms with Gasteiger partial charge in [0.1, 0.15) is 11.6 Å². The van der Waals surface area contributed by atoms with E-state index in [1.807, 2.05) is 42.5 Å². The van der Waals surface area contributed by atoms with E-state index in [-0.39, 0.29) is 6.61 Å². The molecule has 1 N–H and O–H groups in total. The van der Waals surface area contributed by atoms with E-state index in [1.54, 1.807) is 12.1 Å². The fourth-order valence-electron chi connectivity index (χ4n) is 2.43. The maximum Gasteiger partial charge on any atom is 0.344 e. The van der Waals surface area contributed by atoms with E-state index in [9.17, 15) is 14.0 Å². The van der Waals surface area contributed by atoms with Gasteiger partial charge in [-0.1, -0.05) is 42.5 Å². The number of nitrogens with one attached hydrogen (secondary N) is 1. The average Bonchev–Trinajstić information content (AvgIpc) is 2.73. The van der Waals surface area contributed by atoms with Crippen LogP contribution in [0.4, 0.5) is 10.1 Å². The Morgan fingerprint density at radius 1 is 0.786 bits per heavy atom. The summed E-state index contributed by atoms with van der Waals surface area (Å²) in [6, 6.07) is 22.4. The van der Waals surface area contributed by atoms with Gasteiger partial charge in [0.15, 0.2) is 13.2 Å². The minimum Gasteiger partial charge on any atom is -0.482 e. The number of hydrogen-bond donors (Lipinski definition) is 1. The zero-order valence-corrected chi connectivity index (χ0v) is 14.9. The molecule has 5 nitrogen and oxygen atoms in total. The van der Waals surface area contributed by atoms with E-state index in [4.69, 9.17) is 9.47 Å². The van der Waals surface area contributed by atoms with Crippen LogP contribution in [-0.4, -0.2) is 25.1 Å². The number of amides is 1. The second-order valence-corrected chi connectivity index (χ2v) is 5.89. The second kappa shape index (κ2) is 9.32. The van der Waals surface area contributed by atoms with Crippen molar-refractivity contribution in [1.29, 1.82) is 0 Å². The molecule has 0 aliphatic rings. The molecule has 0 aliphatic carbocycles. The van der Waals surface area contributed by atoms with Gasteiger partial charge in [-0.05, 0) is 47.5 Å². The van der Waals surface area contributed by atoms with Gasteiger partial charge >= 0.3 is 5.97 Å². The summed E-state index contributed by atoms with van der Waals surface area (Å²) in [5, 5.41) is 2.66. The zero-order chi connectivity index (χ0) is 19.8. The molecule has 0 aromatic heterocycles. The van der Waals surface area contributed by atoms with Gasteiger partial charge in [-0.2, -0.15) is 0 Å². The first-order valence-corrected chi connectivity index (χ1v) is 8.59. The molecule has 0 bridgehead atoms. The highest BCUT2D eigenvalue weighted by Crippen LogP contribution is 2.20. The predicted octanol–water partition coefficient (Wildman–Crippen LogP) is 4.05. The highest BCUT2D eigenvalue weighted by atomic mass is 19.1. The summed E-state index contributed by atoms with van der Waals surface area (Å²) in [4.78, 5) is 23.6. The molecule has 0 radical (unpaired) electrons. The van der Waals surface area contributed by atoms with E-state index >= 15 is 0 Å². The van der Waals surface area contributed by atoms with E-state index in [0.717, 1.165) is 11.1 Å². The summed E-state index contributed by atoms with van der Waals surface area (Å²) in [6.07, 6.45) is 0. The van der Waals surface area contributed by atoms with Crippen molar-refractivity contribution in [2.45, 2.75) is 0 Å². The molecule has 0 aliphatic heterocycles. The third-order valence-electron chi connectivity index (χ3n) is 3.81. The van der Waals surface area contributed by atoms with Gasteiger partial charge in [-0.25, -0.2) is 9.18 Å².